The Balaban J connectivity index is 1.15. The number of rotatable bonds is 6. The SMILES string of the molecule is COc1nc(-c2cccc(-c3cccc(Nc4nc(C(F)(F)F)nc5c4c(=O)n(C)c(=O)n5C)c3Cl)c2Cl)cc2c1[C@@H](N1CC[C@@]3(CNC(=O)N3)C1)CC2. The van der Waals surface area contributed by atoms with E-state index in [9.17, 15) is 27.6 Å². The lowest BCUT2D eigenvalue weighted by atomic mass is 9.99. The van der Waals surface area contributed by atoms with Crippen molar-refractivity contribution in [3.63, 3.8) is 0 Å². The Morgan fingerprint density at radius 1 is 0.981 bits per heavy atom. The topological polar surface area (TPSA) is 148 Å². The summed E-state index contributed by atoms with van der Waals surface area (Å²) < 4.78 is 49.2. The van der Waals surface area contributed by atoms with Gasteiger partial charge in [-0.25, -0.2) is 24.5 Å². The third-order valence-corrected chi connectivity index (χ3v) is 11.3. The van der Waals surface area contributed by atoms with Crippen LogP contribution in [0.4, 0.5) is 29.5 Å². The van der Waals surface area contributed by atoms with Crippen LogP contribution in [0, 0.1) is 0 Å². The number of hydrogen-bond acceptors (Lipinski definition) is 9. The summed E-state index contributed by atoms with van der Waals surface area (Å²) in [6, 6.07) is 12.2. The highest BCUT2D eigenvalue weighted by Gasteiger charge is 2.47. The fourth-order valence-corrected chi connectivity index (χ4v) is 8.41. The van der Waals surface area contributed by atoms with Crippen molar-refractivity contribution in [3.05, 3.63) is 90.3 Å². The minimum atomic E-state index is -4.99. The number of likely N-dealkylation sites (tertiary alicyclic amines) is 1. The van der Waals surface area contributed by atoms with Gasteiger partial charge < -0.3 is 20.7 Å². The van der Waals surface area contributed by atoms with Gasteiger partial charge in [0.25, 0.3) is 5.56 Å². The quantitative estimate of drug-likeness (QED) is 0.201. The number of ether oxygens (including phenoxy) is 1. The Bertz CT molecular complexity index is 2530. The number of urea groups is 1. The first-order valence-corrected chi connectivity index (χ1v) is 17.7. The van der Waals surface area contributed by atoms with Crippen LogP contribution in [0.5, 0.6) is 5.88 Å². The fraction of sp³-hybridized carbons (Fsp3) is 0.333. The van der Waals surface area contributed by atoms with Crippen molar-refractivity contribution in [1.29, 1.82) is 0 Å². The molecule has 54 heavy (non-hydrogen) atoms. The Morgan fingerprint density at radius 3 is 2.41 bits per heavy atom. The number of hydrogen-bond donors (Lipinski definition) is 3. The highest BCUT2D eigenvalue weighted by molar-refractivity contribution is 6.39. The molecule has 13 nitrogen and oxygen atoms in total. The van der Waals surface area contributed by atoms with Crippen molar-refractivity contribution in [2.45, 2.75) is 37.0 Å². The van der Waals surface area contributed by atoms with Gasteiger partial charge in [-0.05, 0) is 37.0 Å². The van der Waals surface area contributed by atoms with Crippen LogP contribution in [-0.2, 0) is 26.7 Å². The standard InChI is InChI=1S/C36H32Cl2F3N9O4/c1-48-29-25(31(51)49(2)34(48)53)28(45-32(46-29)36(39,40)41)43-21-9-5-7-19(27(21)38)18-6-4-8-20(26(18)37)22-14-17-10-11-23(24(17)30(44-22)54-3)50-13-12-35(16-50)15-42-33(52)47-35/h4-9,14,23H,10-13,15-16H2,1-3H3,(H2,42,47,52)(H,43,45,46)/t23-,35+/m0/s1. The molecule has 2 fully saturated rings. The number of carbonyl (C=O) groups excluding carboxylic acids is 1. The van der Waals surface area contributed by atoms with Gasteiger partial charge in [0, 0.05) is 62.0 Å². The average Bonchev–Trinajstić information content (AvgIpc) is 3.87. The van der Waals surface area contributed by atoms with E-state index in [1.807, 2.05) is 12.1 Å². The summed E-state index contributed by atoms with van der Waals surface area (Å²) in [5.74, 6) is -1.54. The van der Waals surface area contributed by atoms with E-state index in [1.165, 1.54) is 20.2 Å². The maximum atomic E-state index is 13.9. The highest BCUT2D eigenvalue weighted by atomic mass is 35.5. The van der Waals surface area contributed by atoms with E-state index in [-0.39, 0.29) is 33.7 Å². The summed E-state index contributed by atoms with van der Waals surface area (Å²) in [5, 5.41) is 8.85. The highest BCUT2D eigenvalue weighted by Crippen LogP contribution is 2.47. The van der Waals surface area contributed by atoms with Crippen LogP contribution < -0.4 is 31.9 Å². The summed E-state index contributed by atoms with van der Waals surface area (Å²) in [5.41, 5.74) is 1.85. The molecule has 3 aromatic heterocycles. The smallest absolute Gasteiger partial charge is 0.451 e. The van der Waals surface area contributed by atoms with E-state index >= 15 is 0 Å². The number of amides is 2. The summed E-state index contributed by atoms with van der Waals surface area (Å²) in [6.07, 6.45) is -2.48. The number of aromatic nitrogens is 5. The lowest BCUT2D eigenvalue weighted by Crippen LogP contribution is -2.46. The van der Waals surface area contributed by atoms with Crippen LogP contribution in [0.1, 0.15) is 35.8 Å². The second-order valence-electron chi connectivity index (χ2n) is 13.7. The molecule has 0 bridgehead atoms. The van der Waals surface area contributed by atoms with Gasteiger partial charge in [-0.1, -0.05) is 53.5 Å². The molecule has 8 rings (SSSR count). The Labute approximate surface area is 315 Å². The summed E-state index contributed by atoms with van der Waals surface area (Å²) in [4.78, 5) is 52.1. The third kappa shape index (κ3) is 5.83. The molecule has 0 saturated carbocycles. The van der Waals surface area contributed by atoms with Gasteiger partial charge in [-0.2, -0.15) is 13.2 Å². The molecule has 2 aliphatic heterocycles. The molecule has 280 valence electrons. The number of fused-ring (bicyclic) bond motifs is 2. The van der Waals surface area contributed by atoms with E-state index in [2.05, 4.69) is 30.8 Å². The lowest BCUT2D eigenvalue weighted by molar-refractivity contribution is -0.144. The summed E-state index contributed by atoms with van der Waals surface area (Å²) in [7, 11) is 4.00. The van der Waals surface area contributed by atoms with E-state index < -0.39 is 34.7 Å². The molecule has 2 saturated heterocycles. The molecule has 0 radical (unpaired) electrons. The predicted molar refractivity (Wildman–Crippen MR) is 197 cm³/mol. The first kappa shape index (κ1) is 35.8. The van der Waals surface area contributed by atoms with Crippen molar-refractivity contribution >= 4 is 51.8 Å². The van der Waals surface area contributed by atoms with E-state index in [0.717, 1.165) is 52.6 Å². The maximum Gasteiger partial charge on any atom is 0.451 e. The molecule has 2 amide bonds. The molecule has 5 heterocycles. The number of alkyl halides is 3. The molecule has 1 aliphatic carbocycles. The summed E-state index contributed by atoms with van der Waals surface area (Å²) in [6.45, 7) is 2.13. The monoisotopic (exact) mass is 781 g/mol. The first-order chi connectivity index (χ1) is 25.7. The Morgan fingerprint density at radius 2 is 1.70 bits per heavy atom. The molecule has 3 aliphatic rings. The normalized spacial score (nSPS) is 19.7. The number of methoxy groups -OCH3 is 1. The van der Waals surface area contributed by atoms with Gasteiger partial charge in [0.05, 0.1) is 34.1 Å². The predicted octanol–water partition coefficient (Wildman–Crippen LogP) is 5.58. The number of benzene rings is 2. The van der Waals surface area contributed by atoms with Crippen molar-refractivity contribution in [1.82, 2.24) is 39.6 Å². The molecule has 18 heteroatoms. The average molecular weight is 783 g/mol. The second-order valence-corrected chi connectivity index (χ2v) is 14.5. The van der Waals surface area contributed by atoms with E-state index in [1.54, 1.807) is 31.4 Å². The molecule has 5 aromatic rings. The minimum Gasteiger partial charge on any atom is -0.481 e. The van der Waals surface area contributed by atoms with Crippen molar-refractivity contribution in [3.8, 4) is 28.3 Å². The Hall–Kier alpha value is -5.19. The minimum absolute atomic E-state index is 0.0773. The third-order valence-electron chi connectivity index (χ3n) is 10.5. The van der Waals surface area contributed by atoms with Gasteiger partial charge in [0.2, 0.25) is 11.7 Å². The zero-order valence-corrected chi connectivity index (χ0v) is 30.6. The molecule has 0 unspecified atom stereocenters. The number of aryl methyl sites for hydroxylation is 2. The van der Waals surface area contributed by atoms with Gasteiger partial charge in [0.15, 0.2) is 5.65 Å². The molecule has 3 N–H and O–H groups in total. The van der Waals surface area contributed by atoms with Crippen LogP contribution in [0.2, 0.25) is 10.0 Å². The van der Waals surface area contributed by atoms with Gasteiger partial charge >= 0.3 is 17.9 Å². The summed E-state index contributed by atoms with van der Waals surface area (Å²) >= 11 is 14.0. The van der Waals surface area contributed by atoms with Crippen LogP contribution in [0.3, 0.4) is 0 Å². The number of nitrogens with one attached hydrogen (secondary N) is 3. The maximum absolute atomic E-state index is 13.9. The molecule has 2 atom stereocenters. The van der Waals surface area contributed by atoms with Crippen molar-refractivity contribution < 1.29 is 22.7 Å². The number of pyridine rings is 1. The molecular weight excluding hydrogens is 750 g/mol. The largest absolute Gasteiger partial charge is 0.481 e. The van der Waals surface area contributed by atoms with E-state index in [0.29, 0.717) is 39.8 Å². The lowest BCUT2D eigenvalue weighted by Gasteiger charge is -2.28. The van der Waals surface area contributed by atoms with E-state index in [4.69, 9.17) is 32.9 Å². The van der Waals surface area contributed by atoms with Crippen LogP contribution in [0.15, 0.2) is 52.1 Å². The van der Waals surface area contributed by atoms with Crippen LogP contribution in [-0.4, -0.2) is 67.3 Å². The van der Waals surface area contributed by atoms with Gasteiger partial charge in [-0.3, -0.25) is 18.8 Å². The zero-order valence-electron chi connectivity index (χ0n) is 29.1. The molecule has 2 aromatic carbocycles. The van der Waals surface area contributed by atoms with Crippen molar-refractivity contribution in [2.24, 2.45) is 14.1 Å². The van der Waals surface area contributed by atoms with Crippen LogP contribution >= 0.6 is 23.2 Å². The van der Waals surface area contributed by atoms with Crippen LogP contribution in [0.25, 0.3) is 33.4 Å². The van der Waals surface area contributed by atoms with Gasteiger partial charge in [-0.15, -0.1) is 0 Å². The molecule has 1 spiro atoms. The zero-order chi connectivity index (χ0) is 38.3. The number of nitrogens with zero attached hydrogens (tertiary/aromatic N) is 6. The number of carbonyl (C=O) groups is 1. The first-order valence-electron chi connectivity index (χ1n) is 17.0. The fourth-order valence-electron chi connectivity index (χ4n) is 7.81. The Kier molecular flexibility index (Phi) is 8.62. The molecular formula is C36H32Cl2F3N9O4. The second kappa shape index (κ2) is 13.0. The van der Waals surface area contributed by atoms with Crippen molar-refractivity contribution in [2.75, 3.05) is 32.1 Å². The van der Waals surface area contributed by atoms with Gasteiger partial charge in [0.1, 0.15) is 11.2 Å². The number of anilines is 2. The number of halogens is 5.